The van der Waals surface area contributed by atoms with Gasteiger partial charge in [0.2, 0.25) is 0 Å². The minimum Gasteiger partial charge on any atom is -0.496 e. The fraction of sp³-hybridized carbons (Fsp3) is 0.312. The van der Waals surface area contributed by atoms with Crippen LogP contribution in [0.4, 0.5) is 0 Å². The number of nitrogens with zero attached hydrogens (tertiary/aromatic N) is 2. The fourth-order valence-electron chi connectivity index (χ4n) is 2.41. The first-order valence-electron chi connectivity index (χ1n) is 7.05. The molecule has 1 aliphatic rings. The Morgan fingerprint density at radius 1 is 1.30 bits per heavy atom. The molecule has 2 heterocycles. The van der Waals surface area contributed by atoms with Crippen LogP contribution in [0.1, 0.15) is 25.1 Å². The van der Waals surface area contributed by atoms with Gasteiger partial charge in [-0.05, 0) is 30.8 Å². The predicted octanol–water partition coefficient (Wildman–Crippen LogP) is 2.83. The van der Waals surface area contributed by atoms with Gasteiger partial charge in [0.1, 0.15) is 11.8 Å². The highest BCUT2D eigenvalue weighted by molar-refractivity contribution is 5.31. The molecule has 0 radical (unpaired) electrons. The normalized spacial score (nSPS) is 15.8. The number of para-hydroxylation sites is 1. The van der Waals surface area contributed by atoms with Crippen molar-refractivity contribution in [2.45, 2.75) is 19.4 Å². The molecular formula is C16H19N3O. The zero-order valence-electron chi connectivity index (χ0n) is 11.6. The maximum atomic E-state index is 5.69. The summed E-state index contributed by atoms with van der Waals surface area (Å²) in [6, 6.07) is 12.2. The smallest absolute Gasteiger partial charge is 0.115 e. The summed E-state index contributed by atoms with van der Waals surface area (Å²) in [4.78, 5) is 0. The van der Waals surface area contributed by atoms with Crippen molar-refractivity contribution in [2.75, 3.05) is 13.2 Å². The van der Waals surface area contributed by atoms with E-state index in [4.69, 9.17) is 4.74 Å². The highest BCUT2D eigenvalue weighted by atomic mass is 16.5. The van der Waals surface area contributed by atoms with E-state index in [0.29, 0.717) is 0 Å². The largest absolute Gasteiger partial charge is 0.496 e. The molecule has 1 atom stereocenters. The first-order chi connectivity index (χ1) is 9.88. The van der Waals surface area contributed by atoms with Gasteiger partial charge in [0.15, 0.2) is 0 Å². The lowest BCUT2D eigenvalue weighted by molar-refractivity contribution is 0.215. The van der Waals surface area contributed by atoms with Gasteiger partial charge in [-0.25, -0.2) is 4.68 Å². The Hall–Kier alpha value is -2.07. The summed E-state index contributed by atoms with van der Waals surface area (Å²) >= 11 is 0. The van der Waals surface area contributed by atoms with Crippen LogP contribution in [-0.4, -0.2) is 22.9 Å². The van der Waals surface area contributed by atoms with Gasteiger partial charge in [-0.2, -0.15) is 5.10 Å². The molecule has 0 fully saturated rings. The number of benzene rings is 1. The fourth-order valence-corrected chi connectivity index (χ4v) is 2.41. The van der Waals surface area contributed by atoms with Gasteiger partial charge in [-0.15, -0.1) is 0 Å². The van der Waals surface area contributed by atoms with Gasteiger partial charge in [0.25, 0.3) is 0 Å². The third-order valence-corrected chi connectivity index (χ3v) is 3.35. The zero-order valence-corrected chi connectivity index (χ0v) is 11.6. The van der Waals surface area contributed by atoms with Crippen LogP contribution in [0.2, 0.25) is 0 Å². The van der Waals surface area contributed by atoms with E-state index in [9.17, 15) is 0 Å². The second-order valence-corrected chi connectivity index (χ2v) is 4.76. The number of rotatable bonds is 5. The monoisotopic (exact) mass is 269 g/mol. The molecule has 1 N–H and O–H groups in total. The lowest BCUT2D eigenvalue weighted by atomic mass is 10.1. The van der Waals surface area contributed by atoms with Crippen molar-refractivity contribution in [3.8, 4) is 5.69 Å². The average molecular weight is 269 g/mol. The van der Waals surface area contributed by atoms with Crippen molar-refractivity contribution < 1.29 is 4.74 Å². The van der Waals surface area contributed by atoms with E-state index >= 15 is 0 Å². The molecule has 0 amide bonds. The van der Waals surface area contributed by atoms with Crippen LogP contribution in [-0.2, 0) is 4.74 Å². The van der Waals surface area contributed by atoms with Crippen molar-refractivity contribution >= 4 is 0 Å². The summed E-state index contributed by atoms with van der Waals surface area (Å²) < 4.78 is 7.58. The molecule has 20 heavy (non-hydrogen) atoms. The molecular weight excluding hydrogens is 250 g/mol. The number of hydrogen-bond acceptors (Lipinski definition) is 3. The van der Waals surface area contributed by atoms with Crippen LogP contribution >= 0.6 is 0 Å². The molecule has 4 heteroatoms. The Morgan fingerprint density at radius 3 is 2.85 bits per heavy atom. The molecule has 4 nitrogen and oxygen atoms in total. The Labute approximate surface area is 119 Å². The minimum atomic E-state index is 0.0486. The van der Waals surface area contributed by atoms with E-state index in [1.807, 2.05) is 47.3 Å². The van der Waals surface area contributed by atoms with Gasteiger partial charge >= 0.3 is 0 Å². The first kappa shape index (κ1) is 12.9. The second kappa shape index (κ2) is 5.92. The third kappa shape index (κ3) is 2.60. The standard InChI is InChI=1S/C16H19N3O/c1-2-17-16(15-9-6-12-20-15)14-10-11-19(18-14)13-7-4-3-5-8-13/h3-5,7-11,16-17H,2,6,12H2,1H3. The average Bonchev–Trinajstić information content (AvgIpc) is 3.17. The molecule has 0 spiro atoms. The predicted molar refractivity (Wildman–Crippen MR) is 78.6 cm³/mol. The quantitative estimate of drug-likeness (QED) is 0.907. The first-order valence-corrected chi connectivity index (χ1v) is 7.05. The Kier molecular flexibility index (Phi) is 3.83. The second-order valence-electron chi connectivity index (χ2n) is 4.76. The summed E-state index contributed by atoms with van der Waals surface area (Å²) in [5.41, 5.74) is 2.05. The molecule has 1 aromatic heterocycles. The van der Waals surface area contributed by atoms with Crippen LogP contribution in [0, 0.1) is 0 Å². The molecule has 0 saturated carbocycles. The Balaban J connectivity index is 1.87. The summed E-state index contributed by atoms with van der Waals surface area (Å²) in [6.45, 7) is 3.75. The molecule has 3 rings (SSSR count). The summed E-state index contributed by atoms with van der Waals surface area (Å²) in [7, 11) is 0. The molecule has 104 valence electrons. The Morgan fingerprint density at radius 2 is 2.15 bits per heavy atom. The SMILES string of the molecule is CCNC(C1=CCCO1)c1ccn(-c2ccccc2)n1. The van der Waals surface area contributed by atoms with E-state index in [1.165, 1.54) is 0 Å². The Bertz CT molecular complexity index is 589. The van der Waals surface area contributed by atoms with Crippen LogP contribution in [0.15, 0.2) is 54.4 Å². The van der Waals surface area contributed by atoms with Gasteiger partial charge in [0, 0.05) is 12.6 Å². The highest BCUT2D eigenvalue weighted by Crippen LogP contribution is 2.25. The molecule has 0 saturated heterocycles. The summed E-state index contributed by atoms with van der Waals surface area (Å²) in [5.74, 6) is 0.991. The van der Waals surface area contributed by atoms with E-state index in [-0.39, 0.29) is 6.04 Å². The van der Waals surface area contributed by atoms with Crippen LogP contribution in [0.3, 0.4) is 0 Å². The van der Waals surface area contributed by atoms with Crippen molar-refractivity contribution in [2.24, 2.45) is 0 Å². The van der Waals surface area contributed by atoms with Crippen LogP contribution < -0.4 is 5.32 Å². The number of hydrogen-bond donors (Lipinski definition) is 1. The minimum absolute atomic E-state index is 0.0486. The van der Waals surface area contributed by atoms with Gasteiger partial charge in [0.05, 0.1) is 18.0 Å². The molecule has 1 unspecified atom stereocenters. The highest BCUT2D eigenvalue weighted by Gasteiger charge is 2.22. The summed E-state index contributed by atoms with van der Waals surface area (Å²) in [6.07, 6.45) is 5.12. The van der Waals surface area contributed by atoms with Crippen LogP contribution in [0.5, 0.6) is 0 Å². The van der Waals surface area contributed by atoms with Crippen molar-refractivity contribution in [1.82, 2.24) is 15.1 Å². The van der Waals surface area contributed by atoms with E-state index in [1.54, 1.807) is 0 Å². The van der Waals surface area contributed by atoms with Crippen molar-refractivity contribution in [3.05, 3.63) is 60.1 Å². The lowest BCUT2D eigenvalue weighted by Gasteiger charge is -2.16. The zero-order chi connectivity index (χ0) is 13.8. The van der Waals surface area contributed by atoms with E-state index in [0.717, 1.165) is 36.7 Å². The molecule has 1 aliphatic heterocycles. The van der Waals surface area contributed by atoms with Gasteiger partial charge in [-0.3, -0.25) is 0 Å². The van der Waals surface area contributed by atoms with Crippen molar-refractivity contribution in [3.63, 3.8) is 0 Å². The maximum absolute atomic E-state index is 5.69. The molecule has 0 aliphatic carbocycles. The van der Waals surface area contributed by atoms with Gasteiger partial charge in [-0.1, -0.05) is 25.1 Å². The van der Waals surface area contributed by atoms with E-state index < -0.39 is 0 Å². The molecule has 2 aromatic rings. The lowest BCUT2D eigenvalue weighted by Crippen LogP contribution is -2.23. The summed E-state index contributed by atoms with van der Waals surface area (Å²) in [5, 5.41) is 8.11. The van der Waals surface area contributed by atoms with Crippen LogP contribution in [0.25, 0.3) is 5.69 Å². The number of nitrogens with one attached hydrogen (secondary N) is 1. The third-order valence-electron chi connectivity index (χ3n) is 3.35. The number of ether oxygens (including phenoxy) is 1. The topological polar surface area (TPSA) is 39.1 Å². The number of aromatic nitrogens is 2. The number of likely N-dealkylation sites (N-methyl/N-ethyl adjacent to an activating group) is 1. The van der Waals surface area contributed by atoms with Gasteiger partial charge < -0.3 is 10.1 Å². The molecule has 1 aromatic carbocycles. The van der Waals surface area contributed by atoms with Crippen molar-refractivity contribution in [1.29, 1.82) is 0 Å². The van der Waals surface area contributed by atoms with E-state index in [2.05, 4.69) is 23.4 Å². The molecule has 0 bridgehead atoms. The maximum Gasteiger partial charge on any atom is 0.115 e.